The molecule has 1 aromatic rings. The van der Waals surface area contributed by atoms with Gasteiger partial charge in [0, 0.05) is 0 Å². The maximum atomic E-state index is 12.9. The van der Waals surface area contributed by atoms with E-state index in [9.17, 15) is 4.79 Å². The highest BCUT2D eigenvalue weighted by atomic mass is 35.5. The van der Waals surface area contributed by atoms with Crippen LogP contribution in [0.5, 0.6) is 0 Å². The molecule has 122 valence electrons. The van der Waals surface area contributed by atoms with Crippen LogP contribution in [0.3, 0.4) is 0 Å². The summed E-state index contributed by atoms with van der Waals surface area (Å²) in [5.74, 6) is -0.109. The van der Waals surface area contributed by atoms with Crippen LogP contribution in [0.2, 0.25) is 0 Å². The van der Waals surface area contributed by atoms with Crippen LogP contribution in [0.25, 0.3) is 0 Å². The van der Waals surface area contributed by atoms with E-state index in [-0.39, 0.29) is 24.4 Å². The first kappa shape index (κ1) is 18.7. The molecule has 0 saturated heterocycles. The van der Waals surface area contributed by atoms with Gasteiger partial charge in [-0.2, -0.15) is 0 Å². The summed E-state index contributed by atoms with van der Waals surface area (Å²) in [6.45, 7) is 4.39. The van der Waals surface area contributed by atoms with Gasteiger partial charge in [-0.15, -0.1) is 12.4 Å². The summed E-state index contributed by atoms with van der Waals surface area (Å²) in [5.41, 5.74) is 1.68. The molecule has 0 heterocycles. The molecule has 0 fully saturated rings. The number of esters is 1. The third-order valence-corrected chi connectivity index (χ3v) is 4.35. The van der Waals surface area contributed by atoms with Gasteiger partial charge in [-0.3, -0.25) is 4.79 Å². The quantitative estimate of drug-likeness (QED) is 0.626. The number of halogens is 1. The van der Waals surface area contributed by atoms with Crippen molar-refractivity contribution in [3.8, 4) is 0 Å². The summed E-state index contributed by atoms with van der Waals surface area (Å²) >= 11 is 0. The van der Waals surface area contributed by atoms with Crippen molar-refractivity contribution in [1.29, 1.82) is 0 Å². The summed E-state index contributed by atoms with van der Waals surface area (Å²) in [5, 5.41) is 0. The van der Waals surface area contributed by atoms with E-state index in [1.807, 2.05) is 51.4 Å². The van der Waals surface area contributed by atoms with Gasteiger partial charge in [-0.05, 0) is 46.3 Å². The van der Waals surface area contributed by atoms with Gasteiger partial charge in [0.25, 0.3) is 0 Å². The zero-order valence-corrected chi connectivity index (χ0v) is 14.7. The average Bonchev–Trinajstić information content (AvgIpc) is 2.47. The number of nitrogens with zero attached hydrogens (tertiary/aromatic N) is 1. The number of hydrogen-bond donors (Lipinski definition) is 0. The highest BCUT2D eigenvalue weighted by molar-refractivity contribution is 5.86. The van der Waals surface area contributed by atoms with E-state index in [4.69, 9.17) is 4.74 Å². The van der Waals surface area contributed by atoms with Gasteiger partial charge < -0.3 is 9.64 Å². The molecule has 2 atom stereocenters. The van der Waals surface area contributed by atoms with Crippen molar-refractivity contribution in [1.82, 2.24) is 4.90 Å². The van der Waals surface area contributed by atoms with Crippen molar-refractivity contribution in [3.05, 3.63) is 47.5 Å². The molecule has 2 rings (SSSR count). The van der Waals surface area contributed by atoms with Crippen molar-refractivity contribution in [2.24, 2.45) is 0 Å². The standard InChI is InChI=1S/C18H25NO2.ClH/c1-5-21-17(20)18(15-11-7-6-8-12-15)13-9-10-14(2)16(18)19(3)4;/h6-8,10-12,16H,5,9,13H2,1-4H3;1H. The van der Waals surface area contributed by atoms with Crippen molar-refractivity contribution < 1.29 is 9.53 Å². The molecule has 0 aromatic heterocycles. The Morgan fingerprint density at radius 1 is 1.32 bits per heavy atom. The van der Waals surface area contributed by atoms with E-state index in [0.717, 1.165) is 18.4 Å². The minimum absolute atomic E-state index is 0. The molecule has 3 nitrogen and oxygen atoms in total. The summed E-state index contributed by atoms with van der Waals surface area (Å²) in [7, 11) is 4.06. The van der Waals surface area contributed by atoms with Crippen LogP contribution in [-0.2, 0) is 14.9 Å². The molecule has 2 unspecified atom stereocenters. The van der Waals surface area contributed by atoms with Crippen molar-refractivity contribution in [2.45, 2.75) is 38.1 Å². The van der Waals surface area contributed by atoms with Crippen LogP contribution in [-0.4, -0.2) is 37.6 Å². The number of carbonyl (C=O) groups is 1. The van der Waals surface area contributed by atoms with Crippen molar-refractivity contribution >= 4 is 18.4 Å². The number of rotatable bonds is 4. The fraction of sp³-hybridized carbons (Fsp3) is 0.500. The number of allylic oxidation sites excluding steroid dienone is 1. The molecular weight excluding hydrogens is 298 g/mol. The number of ether oxygens (including phenoxy) is 1. The molecule has 0 radical (unpaired) electrons. The summed E-state index contributed by atoms with van der Waals surface area (Å²) < 4.78 is 5.48. The van der Waals surface area contributed by atoms with Crippen molar-refractivity contribution in [3.63, 3.8) is 0 Å². The molecule has 0 N–H and O–H groups in total. The molecule has 1 aliphatic carbocycles. The van der Waals surface area contributed by atoms with Crippen LogP contribution < -0.4 is 0 Å². The number of likely N-dealkylation sites (N-methyl/N-ethyl adjacent to an activating group) is 1. The molecule has 4 heteroatoms. The van der Waals surface area contributed by atoms with E-state index in [1.54, 1.807) is 0 Å². The fourth-order valence-electron chi connectivity index (χ4n) is 3.64. The normalized spacial score (nSPS) is 24.4. The van der Waals surface area contributed by atoms with Crippen LogP contribution in [0.15, 0.2) is 42.0 Å². The van der Waals surface area contributed by atoms with Gasteiger partial charge in [0.2, 0.25) is 0 Å². The van der Waals surface area contributed by atoms with Gasteiger partial charge in [0.15, 0.2) is 0 Å². The number of carbonyl (C=O) groups excluding carboxylic acids is 1. The second-order valence-electron chi connectivity index (χ2n) is 5.91. The molecule has 0 aliphatic heterocycles. The van der Waals surface area contributed by atoms with Gasteiger partial charge in [-0.25, -0.2) is 0 Å². The van der Waals surface area contributed by atoms with E-state index in [0.29, 0.717) is 6.61 Å². The zero-order valence-electron chi connectivity index (χ0n) is 13.8. The maximum Gasteiger partial charge on any atom is 0.318 e. The van der Waals surface area contributed by atoms with Crippen LogP contribution in [0.1, 0.15) is 32.3 Å². The monoisotopic (exact) mass is 323 g/mol. The minimum Gasteiger partial charge on any atom is -0.465 e. The maximum absolute atomic E-state index is 12.9. The first-order chi connectivity index (χ1) is 10.0. The predicted octanol–water partition coefficient (Wildman–Crippen LogP) is 3.58. The molecule has 0 amide bonds. The Bertz CT molecular complexity index is 527. The van der Waals surface area contributed by atoms with E-state index >= 15 is 0 Å². The fourth-order valence-corrected chi connectivity index (χ4v) is 3.64. The lowest BCUT2D eigenvalue weighted by Gasteiger charge is -2.45. The smallest absolute Gasteiger partial charge is 0.318 e. The van der Waals surface area contributed by atoms with Crippen LogP contribution >= 0.6 is 12.4 Å². The van der Waals surface area contributed by atoms with Gasteiger partial charge in [0.1, 0.15) is 5.41 Å². The highest BCUT2D eigenvalue weighted by Crippen LogP contribution is 2.42. The predicted molar refractivity (Wildman–Crippen MR) is 92.5 cm³/mol. The Morgan fingerprint density at radius 3 is 2.50 bits per heavy atom. The Labute approximate surface area is 139 Å². The second-order valence-corrected chi connectivity index (χ2v) is 5.91. The molecule has 22 heavy (non-hydrogen) atoms. The van der Waals surface area contributed by atoms with Gasteiger partial charge in [-0.1, -0.05) is 42.0 Å². The highest BCUT2D eigenvalue weighted by Gasteiger charge is 2.51. The summed E-state index contributed by atoms with van der Waals surface area (Å²) in [4.78, 5) is 15.0. The van der Waals surface area contributed by atoms with Gasteiger partial charge in [0.05, 0.1) is 12.6 Å². The SMILES string of the molecule is CCOC(=O)C1(c2ccccc2)CCC=C(C)C1N(C)C.Cl. The molecule has 0 bridgehead atoms. The van der Waals surface area contributed by atoms with Crippen molar-refractivity contribution in [2.75, 3.05) is 20.7 Å². The average molecular weight is 324 g/mol. The molecular formula is C18H26ClNO2. The van der Waals surface area contributed by atoms with E-state index in [2.05, 4.69) is 17.9 Å². The zero-order chi connectivity index (χ0) is 15.5. The van der Waals surface area contributed by atoms with E-state index in [1.165, 1.54) is 5.57 Å². The summed E-state index contributed by atoms with van der Waals surface area (Å²) in [6, 6.07) is 10.1. The number of benzene rings is 1. The van der Waals surface area contributed by atoms with Gasteiger partial charge >= 0.3 is 5.97 Å². The second kappa shape index (κ2) is 7.80. The third-order valence-electron chi connectivity index (χ3n) is 4.35. The minimum atomic E-state index is -0.612. The molecule has 0 spiro atoms. The third kappa shape index (κ3) is 3.21. The van der Waals surface area contributed by atoms with Crippen LogP contribution in [0, 0.1) is 0 Å². The Hall–Kier alpha value is -1.32. The first-order valence-corrected chi connectivity index (χ1v) is 7.60. The molecule has 0 saturated carbocycles. The largest absolute Gasteiger partial charge is 0.465 e. The Balaban J connectivity index is 0.00000242. The topological polar surface area (TPSA) is 29.5 Å². The first-order valence-electron chi connectivity index (χ1n) is 7.60. The lowest BCUT2D eigenvalue weighted by Crippen LogP contribution is -2.55. The number of hydrogen-bond acceptors (Lipinski definition) is 3. The Morgan fingerprint density at radius 2 is 1.95 bits per heavy atom. The molecule has 1 aromatic carbocycles. The lowest BCUT2D eigenvalue weighted by atomic mass is 9.65. The summed E-state index contributed by atoms with van der Waals surface area (Å²) in [6.07, 6.45) is 3.94. The molecule has 1 aliphatic rings. The lowest BCUT2D eigenvalue weighted by molar-refractivity contribution is -0.153. The van der Waals surface area contributed by atoms with Crippen LogP contribution in [0.4, 0.5) is 0 Å². The Kier molecular flexibility index (Phi) is 6.64. The van der Waals surface area contributed by atoms with E-state index < -0.39 is 5.41 Å².